The Bertz CT molecular complexity index is 248. The van der Waals surface area contributed by atoms with Gasteiger partial charge in [-0.1, -0.05) is 6.92 Å². The second kappa shape index (κ2) is 4.42. The second-order valence-corrected chi connectivity index (χ2v) is 6.13. The predicted octanol–water partition coefficient (Wildman–Crippen LogP) is 0.809. The Morgan fingerprint density at radius 3 is 2.69 bits per heavy atom. The van der Waals surface area contributed by atoms with Crippen LogP contribution in [0.3, 0.4) is 0 Å². The Labute approximate surface area is 80.8 Å². The van der Waals surface area contributed by atoms with Crippen molar-refractivity contribution in [3.63, 3.8) is 0 Å². The lowest BCUT2D eigenvalue weighted by Crippen LogP contribution is -2.34. The summed E-state index contributed by atoms with van der Waals surface area (Å²) in [7, 11) is -2.71. The van der Waals surface area contributed by atoms with Gasteiger partial charge in [-0.05, 0) is 32.2 Å². The van der Waals surface area contributed by atoms with Crippen LogP contribution in [0.2, 0.25) is 0 Å². The van der Waals surface area contributed by atoms with Crippen molar-refractivity contribution in [1.82, 2.24) is 5.32 Å². The third-order valence-electron chi connectivity index (χ3n) is 2.69. The van der Waals surface area contributed by atoms with Gasteiger partial charge in [-0.15, -0.1) is 0 Å². The van der Waals surface area contributed by atoms with Gasteiger partial charge in [0.05, 0.1) is 11.5 Å². The molecule has 0 aromatic heterocycles. The molecule has 1 rings (SSSR count). The van der Waals surface area contributed by atoms with Gasteiger partial charge in [-0.3, -0.25) is 0 Å². The molecule has 1 aliphatic heterocycles. The highest BCUT2D eigenvalue weighted by Gasteiger charge is 2.31. The maximum Gasteiger partial charge on any atom is 0.150 e. The first-order valence-corrected chi connectivity index (χ1v) is 6.81. The zero-order chi connectivity index (χ0) is 9.90. The van der Waals surface area contributed by atoms with E-state index in [1.54, 1.807) is 0 Å². The molecule has 13 heavy (non-hydrogen) atoms. The van der Waals surface area contributed by atoms with Crippen molar-refractivity contribution in [3.8, 4) is 0 Å². The van der Waals surface area contributed by atoms with Gasteiger partial charge in [0.25, 0.3) is 0 Å². The van der Waals surface area contributed by atoms with Gasteiger partial charge in [-0.2, -0.15) is 0 Å². The molecule has 1 N–H and O–H groups in total. The van der Waals surface area contributed by atoms with Crippen LogP contribution >= 0.6 is 0 Å². The summed E-state index contributed by atoms with van der Waals surface area (Å²) >= 11 is 0. The maximum atomic E-state index is 11.2. The van der Waals surface area contributed by atoms with E-state index in [1.807, 2.05) is 0 Å². The van der Waals surface area contributed by atoms with E-state index in [-0.39, 0.29) is 0 Å². The molecule has 2 unspecified atom stereocenters. The van der Waals surface area contributed by atoms with Crippen molar-refractivity contribution in [2.24, 2.45) is 5.92 Å². The molecule has 0 amide bonds. The molecule has 2 atom stereocenters. The Kier molecular flexibility index (Phi) is 3.74. The third kappa shape index (κ3) is 3.27. The van der Waals surface area contributed by atoms with E-state index in [1.165, 1.54) is 0 Å². The summed E-state index contributed by atoms with van der Waals surface area (Å²) in [6.07, 6.45) is 1.93. The molecule has 3 nitrogen and oxygen atoms in total. The molecule has 0 bridgehead atoms. The Morgan fingerprint density at radius 2 is 2.23 bits per heavy atom. The minimum absolute atomic E-state index is 0.330. The van der Waals surface area contributed by atoms with Gasteiger partial charge >= 0.3 is 0 Å². The topological polar surface area (TPSA) is 46.2 Å². The van der Waals surface area contributed by atoms with Gasteiger partial charge in [0.15, 0.2) is 9.84 Å². The molecular formula is C9H19NO2S. The van der Waals surface area contributed by atoms with E-state index in [2.05, 4.69) is 19.2 Å². The molecule has 1 saturated heterocycles. The molecule has 0 aromatic carbocycles. The van der Waals surface area contributed by atoms with Crippen molar-refractivity contribution < 1.29 is 8.42 Å². The average Bonchev–Trinajstić information content (AvgIpc) is 2.42. The monoisotopic (exact) mass is 205 g/mol. The van der Waals surface area contributed by atoms with Crippen LogP contribution in [0.4, 0.5) is 0 Å². The number of nitrogens with one attached hydrogen (secondary N) is 1. The largest absolute Gasteiger partial charge is 0.314 e. The van der Waals surface area contributed by atoms with Gasteiger partial charge in [0.1, 0.15) is 0 Å². The molecule has 0 aliphatic carbocycles. The first kappa shape index (κ1) is 11.0. The molecule has 0 spiro atoms. The Balaban J connectivity index is 2.37. The standard InChI is InChI=1S/C9H19NO2S/c1-3-5-10-8(2)9-4-6-13(11,12)7-9/h8-10H,3-7H2,1-2H3. The van der Waals surface area contributed by atoms with Crippen molar-refractivity contribution in [2.45, 2.75) is 32.7 Å². The van der Waals surface area contributed by atoms with Crippen LogP contribution in [0.15, 0.2) is 0 Å². The fraction of sp³-hybridized carbons (Fsp3) is 1.00. The molecular weight excluding hydrogens is 186 g/mol. The molecule has 78 valence electrons. The molecule has 1 heterocycles. The van der Waals surface area contributed by atoms with E-state index in [4.69, 9.17) is 0 Å². The van der Waals surface area contributed by atoms with Crippen molar-refractivity contribution in [3.05, 3.63) is 0 Å². The minimum atomic E-state index is -2.71. The fourth-order valence-corrected chi connectivity index (χ4v) is 3.69. The summed E-state index contributed by atoms with van der Waals surface area (Å²) in [5.41, 5.74) is 0. The number of sulfone groups is 1. The molecule has 0 radical (unpaired) electrons. The van der Waals surface area contributed by atoms with Crippen LogP contribution in [-0.4, -0.2) is 32.5 Å². The van der Waals surface area contributed by atoms with E-state index < -0.39 is 9.84 Å². The third-order valence-corrected chi connectivity index (χ3v) is 4.48. The maximum absolute atomic E-state index is 11.2. The first-order valence-electron chi connectivity index (χ1n) is 4.99. The van der Waals surface area contributed by atoms with E-state index in [0.29, 0.717) is 23.5 Å². The van der Waals surface area contributed by atoms with Gasteiger partial charge < -0.3 is 5.32 Å². The van der Waals surface area contributed by atoms with Crippen LogP contribution in [0, 0.1) is 5.92 Å². The molecule has 1 fully saturated rings. The molecule has 4 heteroatoms. The number of hydrogen-bond donors (Lipinski definition) is 1. The van der Waals surface area contributed by atoms with Crippen LogP contribution in [0.1, 0.15) is 26.7 Å². The molecule has 1 aliphatic rings. The number of hydrogen-bond acceptors (Lipinski definition) is 3. The van der Waals surface area contributed by atoms with Gasteiger partial charge in [-0.25, -0.2) is 8.42 Å². The SMILES string of the molecule is CCCNC(C)C1CCS(=O)(=O)C1. The normalized spacial score (nSPS) is 28.9. The summed E-state index contributed by atoms with van der Waals surface area (Å²) in [5.74, 6) is 1.09. The van der Waals surface area contributed by atoms with E-state index in [9.17, 15) is 8.42 Å². The first-order chi connectivity index (χ1) is 6.05. The quantitative estimate of drug-likeness (QED) is 0.739. The highest BCUT2D eigenvalue weighted by molar-refractivity contribution is 7.91. The van der Waals surface area contributed by atoms with Crippen molar-refractivity contribution >= 4 is 9.84 Å². The summed E-state index contributed by atoms with van der Waals surface area (Å²) < 4.78 is 22.4. The van der Waals surface area contributed by atoms with E-state index >= 15 is 0 Å². The lowest BCUT2D eigenvalue weighted by atomic mass is 10.0. The zero-order valence-corrected chi connectivity index (χ0v) is 9.23. The van der Waals surface area contributed by atoms with Crippen LogP contribution in [-0.2, 0) is 9.84 Å². The highest BCUT2D eigenvalue weighted by Crippen LogP contribution is 2.21. The zero-order valence-electron chi connectivity index (χ0n) is 8.41. The molecule has 0 aromatic rings. The second-order valence-electron chi connectivity index (χ2n) is 3.91. The number of rotatable bonds is 4. The smallest absolute Gasteiger partial charge is 0.150 e. The Hall–Kier alpha value is -0.0900. The van der Waals surface area contributed by atoms with Crippen LogP contribution < -0.4 is 5.32 Å². The van der Waals surface area contributed by atoms with E-state index in [0.717, 1.165) is 19.4 Å². The lowest BCUT2D eigenvalue weighted by molar-refractivity contribution is 0.407. The summed E-state index contributed by atoms with van der Waals surface area (Å²) in [6, 6.07) is 0.345. The molecule has 0 saturated carbocycles. The fourth-order valence-electron chi connectivity index (χ4n) is 1.76. The Morgan fingerprint density at radius 1 is 1.54 bits per heavy atom. The predicted molar refractivity (Wildman–Crippen MR) is 54.5 cm³/mol. The summed E-state index contributed by atoms with van der Waals surface area (Å²) in [4.78, 5) is 0. The summed E-state index contributed by atoms with van der Waals surface area (Å²) in [6.45, 7) is 5.18. The summed E-state index contributed by atoms with van der Waals surface area (Å²) in [5, 5.41) is 3.35. The van der Waals surface area contributed by atoms with Gasteiger partial charge in [0, 0.05) is 6.04 Å². The minimum Gasteiger partial charge on any atom is -0.314 e. The average molecular weight is 205 g/mol. The lowest BCUT2D eigenvalue weighted by Gasteiger charge is -2.18. The van der Waals surface area contributed by atoms with Gasteiger partial charge in [0.2, 0.25) is 0 Å². The highest BCUT2D eigenvalue weighted by atomic mass is 32.2. The van der Waals surface area contributed by atoms with Crippen molar-refractivity contribution in [1.29, 1.82) is 0 Å². The van der Waals surface area contributed by atoms with Crippen LogP contribution in [0.5, 0.6) is 0 Å². The van der Waals surface area contributed by atoms with Crippen LogP contribution in [0.25, 0.3) is 0 Å². The van der Waals surface area contributed by atoms with Crippen molar-refractivity contribution in [2.75, 3.05) is 18.1 Å².